The fourth-order valence-electron chi connectivity index (χ4n) is 2.21. The Kier molecular flexibility index (Phi) is 5.52. The van der Waals surface area contributed by atoms with E-state index in [1.54, 1.807) is 0 Å². The van der Waals surface area contributed by atoms with Crippen LogP contribution >= 0.6 is 12.2 Å². The molecule has 2 rings (SSSR count). The predicted octanol–water partition coefficient (Wildman–Crippen LogP) is 1.66. The Balaban J connectivity index is 1.84. The van der Waals surface area contributed by atoms with E-state index < -0.39 is 0 Å². The maximum Gasteiger partial charge on any atom is 0.227 e. The van der Waals surface area contributed by atoms with Crippen LogP contribution in [0.2, 0.25) is 0 Å². The van der Waals surface area contributed by atoms with Crippen molar-refractivity contribution in [2.75, 3.05) is 43.9 Å². The number of thiocarbonyl (C=S) groups is 1. The minimum atomic E-state index is 0.205. The van der Waals surface area contributed by atoms with Crippen LogP contribution in [-0.4, -0.2) is 49.6 Å². The van der Waals surface area contributed by atoms with E-state index in [0.29, 0.717) is 11.5 Å². The molecule has 21 heavy (non-hydrogen) atoms. The second-order valence-corrected chi connectivity index (χ2v) is 5.79. The third kappa shape index (κ3) is 4.68. The van der Waals surface area contributed by atoms with Gasteiger partial charge in [0.25, 0.3) is 0 Å². The lowest BCUT2D eigenvalue weighted by molar-refractivity contribution is -0.117. The highest BCUT2D eigenvalue weighted by Crippen LogP contribution is 2.22. The zero-order valence-corrected chi connectivity index (χ0v) is 13.4. The molecule has 0 aromatic heterocycles. The van der Waals surface area contributed by atoms with E-state index in [4.69, 9.17) is 12.2 Å². The number of hydrogen-bond donors (Lipinski definition) is 2. The van der Waals surface area contributed by atoms with E-state index >= 15 is 0 Å². The van der Waals surface area contributed by atoms with Crippen molar-refractivity contribution in [2.24, 2.45) is 0 Å². The molecule has 1 aliphatic heterocycles. The number of nitrogens with one attached hydrogen (secondary N) is 2. The zero-order valence-electron chi connectivity index (χ0n) is 12.6. The number of benzene rings is 1. The summed E-state index contributed by atoms with van der Waals surface area (Å²) in [5.74, 6) is 0.205. The maximum absolute atomic E-state index is 11.7. The van der Waals surface area contributed by atoms with Gasteiger partial charge < -0.3 is 20.4 Å². The van der Waals surface area contributed by atoms with E-state index in [0.717, 1.165) is 37.4 Å². The summed E-state index contributed by atoms with van der Waals surface area (Å²) in [7, 11) is 4.05. The van der Waals surface area contributed by atoms with Crippen LogP contribution in [0.5, 0.6) is 0 Å². The average Bonchev–Trinajstić information content (AvgIpc) is 2.85. The van der Waals surface area contributed by atoms with Gasteiger partial charge in [-0.25, -0.2) is 0 Å². The first-order valence-electron chi connectivity index (χ1n) is 7.16. The zero-order chi connectivity index (χ0) is 15.2. The van der Waals surface area contributed by atoms with Crippen molar-refractivity contribution in [1.82, 2.24) is 10.2 Å². The Morgan fingerprint density at radius 2 is 2.05 bits per heavy atom. The maximum atomic E-state index is 11.7. The van der Waals surface area contributed by atoms with E-state index in [-0.39, 0.29) is 5.91 Å². The lowest BCUT2D eigenvalue weighted by Gasteiger charge is -2.17. The number of carbonyl (C=O) groups excluding carboxylic acids is 1. The second-order valence-electron chi connectivity index (χ2n) is 5.38. The van der Waals surface area contributed by atoms with E-state index in [1.807, 2.05) is 43.3 Å². The summed E-state index contributed by atoms with van der Waals surface area (Å²) in [4.78, 5) is 15.6. The summed E-state index contributed by atoms with van der Waals surface area (Å²) in [6, 6.07) is 7.80. The van der Waals surface area contributed by atoms with Crippen LogP contribution in [0.25, 0.3) is 0 Å². The molecule has 1 heterocycles. The summed E-state index contributed by atoms with van der Waals surface area (Å²) in [5.41, 5.74) is 1.88. The number of likely N-dealkylation sites (N-methyl/N-ethyl adjacent to an activating group) is 1. The van der Waals surface area contributed by atoms with Gasteiger partial charge in [-0.05, 0) is 57.0 Å². The summed E-state index contributed by atoms with van der Waals surface area (Å²) in [6.45, 7) is 2.55. The molecule has 1 amide bonds. The Morgan fingerprint density at radius 1 is 1.33 bits per heavy atom. The molecule has 1 saturated heterocycles. The molecule has 1 aromatic carbocycles. The molecular formula is C15H22N4OS. The second kappa shape index (κ2) is 7.38. The third-order valence-electron chi connectivity index (χ3n) is 3.35. The minimum Gasteiger partial charge on any atom is -0.361 e. The van der Waals surface area contributed by atoms with Gasteiger partial charge in [-0.2, -0.15) is 0 Å². The molecule has 0 atom stereocenters. The molecule has 0 radical (unpaired) electrons. The van der Waals surface area contributed by atoms with Crippen molar-refractivity contribution in [3.05, 3.63) is 24.3 Å². The van der Waals surface area contributed by atoms with Crippen molar-refractivity contribution < 1.29 is 4.79 Å². The number of anilines is 2. The van der Waals surface area contributed by atoms with Crippen LogP contribution in [0.3, 0.4) is 0 Å². The summed E-state index contributed by atoms with van der Waals surface area (Å²) >= 11 is 5.24. The topological polar surface area (TPSA) is 47.6 Å². The van der Waals surface area contributed by atoms with Crippen LogP contribution in [0.4, 0.5) is 11.4 Å². The molecule has 0 bridgehead atoms. The third-order valence-corrected chi connectivity index (χ3v) is 3.60. The predicted molar refractivity (Wildman–Crippen MR) is 90.8 cm³/mol. The van der Waals surface area contributed by atoms with Gasteiger partial charge in [0.15, 0.2) is 5.11 Å². The Hall–Kier alpha value is -1.66. The van der Waals surface area contributed by atoms with Crippen LogP contribution in [-0.2, 0) is 4.79 Å². The first-order valence-corrected chi connectivity index (χ1v) is 7.57. The molecule has 1 aromatic rings. The largest absolute Gasteiger partial charge is 0.361 e. The van der Waals surface area contributed by atoms with Gasteiger partial charge in [-0.1, -0.05) is 0 Å². The number of amides is 1. The van der Waals surface area contributed by atoms with E-state index in [2.05, 4.69) is 15.5 Å². The molecule has 0 saturated carbocycles. The number of nitrogens with zero attached hydrogens (tertiary/aromatic N) is 2. The summed E-state index contributed by atoms with van der Waals surface area (Å²) in [5, 5.41) is 6.91. The first-order chi connectivity index (χ1) is 10.1. The van der Waals surface area contributed by atoms with Crippen LogP contribution in [0.15, 0.2) is 24.3 Å². The number of hydrogen-bond acceptors (Lipinski definition) is 3. The Labute approximate surface area is 131 Å². The first kappa shape index (κ1) is 15.7. The average molecular weight is 306 g/mol. The quantitative estimate of drug-likeness (QED) is 0.810. The molecule has 5 nitrogen and oxygen atoms in total. The normalized spacial score (nSPS) is 14.6. The Bertz CT molecular complexity index is 501. The molecule has 0 aliphatic carbocycles. The lowest BCUT2D eigenvalue weighted by Crippen LogP contribution is -2.34. The van der Waals surface area contributed by atoms with Gasteiger partial charge in [0, 0.05) is 37.4 Å². The number of carbonyl (C=O) groups is 1. The lowest BCUT2D eigenvalue weighted by atomic mass is 10.2. The smallest absolute Gasteiger partial charge is 0.227 e. The molecule has 114 valence electrons. The molecule has 1 fully saturated rings. The van der Waals surface area contributed by atoms with Gasteiger partial charge in [0.2, 0.25) is 5.91 Å². The molecule has 2 N–H and O–H groups in total. The molecule has 0 unspecified atom stereocenters. The van der Waals surface area contributed by atoms with Crippen molar-refractivity contribution in [3.63, 3.8) is 0 Å². The summed E-state index contributed by atoms with van der Waals surface area (Å²) in [6.07, 6.45) is 1.60. The minimum absolute atomic E-state index is 0.205. The SMILES string of the molecule is CN(C)CCNC(=S)Nc1ccc(N2CCCC2=O)cc1. The molecule has 0 spiro atoms. The highest BCUT2D eigenvalue weighted by atomic mass is 32.1. The summed E-state index contributed by atoms with van der Waals surface area (Å²) < 4.78 is 0. The molecule has 6 heteroatoms. The standard InChI is InChI=1S/C15H22N4OS/c1-18(2)11-9-16-15(21)17-12-5-7-13(8-6-12)19-10-3-4-14(19)20/h5-8H,3-4,9-11H2,1-2H3,(H2,16,17,21). The highest BCUT2D eigenvalue weighted by Gasteiger charge is 2.21. The van der Waals surface area contributed by atoms with Gasteiger partial charge in [0.05, 0.1) is 0 Å². The number of rotatable bonds is 5. The molecule has 1 aliphatic rings. The van der Waals surface area contributed by atoms with Gasteiger partial charge in [-0.15, -0.1) is 0 Å². The van der Waals surface area contributed by atoms with Gasteiger partial charge in [-0.3, -0.25) is 4.79 Å². The van der Waals surface area contributed by atoms with Gasteiger partial charge >= 0.3 is 0 Å². The van der Waals surface area contributed by atoms with Crippen molar-refractivity contribution in [3.8, 4) is 0 Å². The highest BCUT2D eigenvalue weighted by molar-refractivity contribution is 7.80. The van der Waals surface area contributed by atoms with Crippen molar-refractivity contribution >= 4 is 34.6 Å². The van der Waals surface area contributed by atoms with E-state index in [9.17, 15) is 4.79 Å². The van der Waals surface area contributed by atoms with Crippen LogP contribution < -0.4 is 15.5 Å². The van der Waals surface area contributed by atoms with E-state index in [1.165, 1.54) is 0 Å². The van der Waals surface area contributed by atoms with Crippen molar-refractivity contribution in [1.29, 1.82) is 0 Å². The van der Waals surface area contributed by atoms with Crippen LogP contribution in [0.1, 0.15) is 12.8 Å². The fourth-order valence-corrected chi connectivity index (χ4v) is 2.43. The van der Waals surface area contributed by atoms with Crippen LogP contribution in [0, 0.1) is 0 Å². The fraction of sp³-hybridized carbons (Fsp3) is 0.467. The monoisotopic (exact) mass is 306 g/mol. The van der Waals surface area contributed by atoms with Gasteiger partial charge in [0.1, 0.15) is 0 Å². The van der Waals surface area contributed by atoms with Crippen molar-refractivity contribution in [2.45, 2.75) is 12.8 Å². The molecular weight excluding hydrogens is 284 g/mol. The Morgan fingerprint density at radius 3 is 2.62 bits per heavy atom.